The molecular formula is C13H20N4O3. The van der Waals surface area contributed by atoms with Gasteiger partial charge in [0.15, 0.2) is 0 Å². The highest BCUT2D eigenvalue weighted by Gasteiger charge is 2.22. The van der Waals surface area contributed by atoms with Crippen LogP contribution in [0.5, 0.6) is 0 Å². The topological polar surface area (TPSA) is 96.3 Å². The van der Waals surface area contributed by atoms with Crippen molar-refractivity contribution in [3.63, 3.8) is 0 Å². The molecular weight excluding hydrogens is 260 g/mol. The molecule has 110 valence electrons. The molecule has 0 saturated heterocycles. The van der Waals surface area contributed by atoms with Crippen LogP contribution in [0.2, 0.25) is 0 Å². The number of benzene rings is 1. The second-order valence-corrected chi connectivity index (χ2v) is 4.25. The predicted octanol–water partition coefficient (Wildman–Crippen LogP) is 1.96. The lowest BCUT2D eigenvalue weighted by atomic mass is 10.2. The Bertz CT molecular complexity index is 491. The lowest BCUT2D eigenvalue weighted by Gasteiger charge is -2.16. The molecule has 7 nitrogen and oxygen atoms in total. The molecule has 0 aliphatic heterocycles. The third-order valence-electron chi connectivity index (χ3n) is 2.70. The summed E-state index contributed by atoms with van der Waals surface area (Å²) < 4.78 is 0. The Morgan fingerprint density at radius 1 is 1.30 bits per heavy atom. The molecule has 0 bridgehead atoms. The molecule has 0 spiro atoms. The van der Waals surface area contributed by atoms with Gasteiger partial charge in [-0.1, -0.05) is 6.07 Å². The van der Waals surface area contributed by atoms with E-state index in [2.05, 4.69) is 16.0 Å². The predicted molar refractivity (Wildman–Crippen MR) is 79.0 cm³/mol. The number of nitrogens with zero attached hydrogens (tertiary/aromatic N) is 1. The monoisotopic (exact) mass is 280 g/mol. The van der Waals surface area contributed by atoms with E-state index in [1.807, 2.05) is 13.8 Å². The Morgan fingerprint density at radius 2 is 1.95 bits per heavy atom. The van der Waals surface area contributed by atoms with Gasteiger partial charge in [-0.3, -0.25) is 14.9 Å². The Hall–Kier alpha value is -2.31. The van der Waals surface area contributed by atoms with Crippen LogP contribution >= 0.6 is 0 Å². The number of nitro benzene ring substituents is 1. The average molecular weight is 280 g/mol. The summed E-state index contributed by atoms with van der Waals surface area (Å²) in [6, 6.07) is 4.39. The molecule has 0 fully saturated rings. The van der Waals surface area contributed by atoms with Crippen LogP contribution in [0.15, 0.2) is 18.2 Å². The number of hydrogen-bond donors (Lipinski definition) is 3. The average Bonchev–Trinajstić information content (AvgIpc) is 2.39. The molecule has 0 aromatic heterocycles. The molecule has 3 N–H and O–H groups in total. The maximum absolute atomic E-state index is 11.7. The van der Waals surface area contributed by atoms with Crippen molar-refractivity contribution in [1.29, 1.82) is 0 Å². The van der Waals surface area contributed by atoms with Gasteiger partial charge in [-0.05, 0) is 32.9 Å². The Balaban J connectivity index is 3.02. The zero-order valence-electron chi connectivity index (χ0n) is 11.9. The second-order valence-electron chi connectivity index (χ2n) is 4.25. The van der Waals surface area contributed by atoms with E-state index in [0.29, 0.717) is 24.5 Å². The molecule has 1 amide bonds. The Morgan fingerprint density at radius 3 is 2.50 bits per heavy atom. The first-order valence-corrected chi connectivity index (χ1v) is 6.56. The fraction of sp³-hybridized carbons (Fsp3) is 0.462. The molecule has 0 aliphatic carbocycles. The zero-order chi connectivity index (χ0) is 15.1. The molecule has 20 heavy (non-hydrogen) atoms. The van der Waals surface area contributed by atoms with Gasteiger partial charge in [0.1, 0.15) is 17.4 Å². The first-order valence-electron chi connectivity index (χ1n) is 6.56. The van der Waals surface area contributed by atoms with Crippen LogP contribution in [0, 0.1) is 10.1 Å². The molecule has 0 heterocycles. The van der Waals surface area contributed by atoms with E-state index in [1.165, 1.54) is 0 Å². The van der Waals surface area contributed by atoms with Crippen molar-refractivity contribution in [2.45, 2.75) is 26.8 Å². The molecule has 1 aromatic rings. The minimum absolute atomic E-state index is 0.0505. The first kappa shape index (κ1) is 15.7. The molecule has 1 rings (SSSR count). The highest BCUT2D eigenvalue weighted by Crippen LogP contribution is 2.33. The first-order chi connectivity index (χ1) is 9.51. The van der Waals surface area contributed by atoms with E-state index in [9.17, 15) is 14.9 Å². The molecule has 1 unspecified atom stereocenters. The van der Waals surface area contributed by atoms with Crippen molar-refractivity contribution in [2.24, 2.45) is 0 Å². The number of rotatable bonds is 7. The zero-order valence-corrected chi connectivity index (χ0v) is 11.9. The third-order valence-corrected chi connectivity index (χ3v) is 2.70. The summed E-state index contributed by atoms with van der Waals surface area (Å²) in [6.45, 7) is 6.44. The fourth-order valence-corrected chi connectivity index (χ4v) is 1.82. The molecule has 7 heteroatoms. The lowest BCUT2D eigenvalue weighted by molar-refractivity contribution is -0.383. The van der Waals surface area contributed by atoms with Gasteiger partial charge < -0.3 is 16.0 Å². The van der Waals surface area contributed by atoms with Crippen molar-refractivity contribution in [3.05, 3.63) is 28.3 Å². The highest BCUT2D eigenvalue weighted by atomic mass is 16.6. The SMILES string of the molecule is CCNC(=O)C(C)Nc1cccc(NCC)c1[N+](=O)[O-]. The minimum Gasteiger partial charge on any atom is -0.380 e. The number of para-hydroxylation sites is 1. The second kappa shape index (κ2) is 7.32. The smallest absolute Gasteiger partial charge is 0.315 e. The van der Waals surface area contributed by atoms with Gasteiger partial charge in [0.05, 0.1) is 4.92 Å². The van der Waals surface area contributed by atoms with Gasteiger partial charge >= 0.3 is 5.69 Å². The maximum atomic E-state index is 11.7. The minimum atomic E-state index is -0.550. The highest BCUT2D eigenvalue weighted by molar-refractivity contribution is 5.86. The number of anilines is 2. The number of hydrogen-bond acceptors (Lipinski definition) is 5. The van der Waals surface area contributed by atoms with Crippen LogP contribution in [-0.4, -0.2) is 30.0 Å². The van der Waals surface area contributed by atoms with Crippen LogP contribution in [0.4, 0.5) is 17.1 Å². The van der Waals surface area contributed by atoms with E-state index in [0.717, 1.165) is 0 Å². The Labute approximate surface area is 117 Å². The summed E-state index contributed by atoms with van der Waals surface area (Å²) in [5.41, 5.74) is 0.711. The summed E-state index contributed by atoms with van der Waals surface area (Å²) in [7, 11) is 0. The van der Waals surface area contributed by atoms with Gasteiger partial charge in [0, 0.05) is 13.1 Å². The number of nitro groups is 1. The van der Waals surface area contributed by atoms with Crippen molar-refractivity contribution >= 4 is 23.0 Å². The van der Waals surface area contributed by atoms with E-state index in [-0.39, 0.29) is 11.6 Å². The molecule has 0 saturated carbocycles. The molecule has 0 radical (unpaired) electrons. The van der Waals surface area contributed by atoms with Crippen LogP contribution in [0.3, 0.4) is 0 Å². The Kier molecular flexibility index (Phi) is 5.76. The summed E-state index contributed by atoms with van der Waals surface area (Å²) >= 11 is 0. The van der Waals surface area contributed by atoms with E-state index in [4.69, 9.17) is 0 Å². The van der Waals surface area contributed by atoms with Gasteiger partial charge in [-0.2, -0.15) is 0 Å². The molecule has 1 aromatic carbocycles. The summed E-state index contributed by atoms with van der Waals surface area (Å²) in [5.74, 6) is -0.198. The largest absolute Gasteiger partial charge is 0.380 e. The normalized spacial score (nSPS) is 11.6. The quantitative estimate of drug-likeness (QED) is 0.524. The van der Waals surface area contributed by atoms with Crippen molar-refractivity contribution < 1.29 is 9.72 Å². The number of nitrogens with one attached hydrogen (secondary N) is 3. The number of amides is 1. The van der Waals surface area contributed by atoms with E-state index >= 15 is 0 Å². The number of likely N-dealkylation sites (N-methyl/N-ethyl adjacent to an activating group) is 1. The summed E-state index contributed by atoms with van der Waals surface area (Å²) in [6.07, 6.45) is 0. The van der Waals surface area contributed by atoms with Gasteiger partial charge in [-0.15, -0.1) is 0 Å². The maximum Gasteiger partial charge on any atom is 0.315 e. The van der Waals surface area contributed by atoms with Crippen LogP contribution in [-0.2, 0) is 4.79 Å². The van der Waals surface area contributed by atoms with Crippen LogP contribution < -0.4 is 16.0 Å². The van der Waals surface area contributed by atoms with Gasteiger partial charge in [0.25, 0.3) is 0 Å². The third kappa shape index (κ3) is 3.84. The molecule has 0 aliphatic rings. The molecule has 1 atom stereocenters. The van der Waals surface area contributed by atoms with Gasteiger partial charge in [-0.25, -0.2) is 0 Å². The van der Waals surface area contributed by atoms with Gasteiger partial charge in [0.2, 0.25) is 5.91 Å². The van der Waals surface area contributed by atoms with Crippen LogP contribution in [0.1, 0.15) is 20.8 Å². The number of carbonyl (C=O) groups excluding carboxylic acids is 1. The summed E-state index contributed by atoms with van der Waals surface area (Å²) in [4.78, 5) is 22.4. The van der Waals surface area contributed by atoms with Crippen molar-refractivity contribution in [3.8, 4) is 0 Å². The standard InChI is InChI=1S/C13H20N4O3/c1-4-14-10-7-6-8-11(12(10)17(19)20)16-9(3)13(18)15-5-2/h6-9,14,16H,4-5H2,1-3H3,(H,15,18). The van der Waals surface area contributed by atoms with Crippen molar-refractivity contribution in [2.75, 3.05) is 23.7 Å². The number of carbonyl (C=O) groups is 1. The van der Waals surface area contributed by atoms with Crippen molar-refractivity contribution in [1.82, 2.24) is 5.32 Å². The lowest BCUT2D eigenvalue weighted by Crippen LogP contribution is -2.37. The van der Waals surface area contributed by atoms with Crippen LogP contribution in [0.25, 0.3) is 0 Å². The van der Waals surface area contributed by atoms with E-state index in [1.54, 1.807) is 25.1 Å². The fourth-order valence-electron chi connectivity index (χ4n) is 1.82. The summed E-state index contributed by atoms with van der Waals surface area (Å²) in [5, 5.41) is 19.7. The van der Waals surface area contributed by atoms with E-state index < -0.39 is 11.0 Å².